The quantitative estimate of drug-likeness (QED) is 0.453. The van der Waals surface area contributed by atoms with Crippen LogP contribution in [0.25, 0.3) is 0 Å². The van der Waals surface area contributed by atoms with E-state index in [1.165, 1.54) is 11.8 Å². The second-order valence-corrected chi connectivity index (χ2v) is 5.15. The Morgan fingerprint density at radius 1 is 1.35 bits per heavy atom. The molecule has 1 rings (SSSR count). The number of alkyl halides is 3. The molecule has 1 aromatic heterocycles. The Bertz CT molecular complexity index is 415. The van der Waals surface area contributed by atoms with Gasteiger partial charge in [-0.2, -0.15) is 13.2 Å². The van der Waals surface area contributed by atoms with Crippen molar-refractivity contribution in [3.63, 3.8) is 0 Å². The van der Waals surface area contributed by atoms with Gasteiger partial charge in [0.15, 0.2) is 5.69 Å². The smallest absolute Gasteiger partial charge is 0.385 e. The molecule has 8 heteroatoms. The van der Waals surface area contributed by atoms with Crippen LogP contribution < -0.4 is 5.32 Å². The Morgan fingerprint density at radius 2 is 2.10 bits per heavy atom. The van der Waals surface area contributed by atoms with E-state index in [1.54, 1.807) is 7.11 Å². The third-order valence-corrected chi connectivity index (χ3v) is 3.27. The molecule has 0 spiro atoms. The van der Waals surface area contributed by atoms with Crippen LogP contribution in [0.3, 0.4) is 0 Å². The van der Waals surface area contributed by atoms with Crippen molar-refractivity contribution in [2.24, 2.45) is 0 Å². The molecule has 1 N–H and O–H groups in total. The Labute approximate surface area is 120 Å². The first-order valence-corrected chi connectivity index (χ1v) is 7.27. The SMILES string of the molecule is CCCNc1nc(SCCCOC)cc(C(F)(F)F)n1. The Hall–Kier alpha value is -1.02. The maximum Gasteiger partial charge on any atom is 0.433 e. The molecule has 0 bridgehead atoms. The third kappa shape index (κ3) is 5.96. The van der Waals surface area contributed by atoms with Gasteiger partial charge in [-0.15, -0.1) is 11.8 Å². The predicted octanol–water partition coefficient (Wildman–Crippen LogP) is 3.45. The number of halogens is 3. The van der Waals surface area contributed by atoms with Crippen molar-refractivity contribution >= 4 is 17.7 Å². The van der Waals surface area contributed by atoms with Crippen LogP contribution >= 0.6 is 11.8 Å². The van der Waals surface area contributed by atoms with Crippen molar-refractivity contribution in [2.75, 3.05) is 31.3 Å². The lowest BCUT2D eigenvalue weighted by Gasteiger charge is -2.11. The maximum atomic E-state index is 12.8. The molecule has 0 fully saturated rings. The summed E-state index contributed by atoms with van der Waals surface area (Å²) in [4.78, 5) is 7.58. The minimum Gasteiger partial charge on any atom is -0.385 e. The van der Waals surface area contributed by atoms with Crippen LogP contribution in [0.5, 0.6) is 0 Å². The molecule has 114 valence electrons. The third-order valence-electron chi connectivity index (χ3n) is 2.27. The van der Waals surface area contributed by atoms with Gasteiger partial charge in [0, 0.05) is 32.1 Å². The van der Waals surface area contributed by atoms with E-state index in [2.05, 4.69) is 15.3 Å². The fourth-order valence-corrected chi connectivity index (χ4v) is 2.16. The summed E-state index contributed by atoms with van der Waals surface area (Å²) in [7, 11) is 1.59. The number of aromatic nitrogens is 2. The largest absolute Gasteiger partial charge is 0.433 e. The van der Waals surface area contributed by atoms with Gasteiger partial charge in [0.25, 0.3) is 0 Å². The van der Waals surface area contributed by atoms with Gasteiger partial charge in [-0.1, -0.05) is 6.92 Å². The molecule has 0 saturated heterocycles. The average Bonchev–Trinajstić information content (AvgIpc) is 2.40. The molecule has 4 nitrogen and oxygen atoms in total. The fraction of sp³-hybridized carbons (Fsp3) is 0.667. The number of nitrogens with zero attached hydrogens (tertiary/aromatic N) is 2. The molecule has 0 atom stereocenters. The summed E-state index contributed by atoms with van der Waals surface area (Å²) < 4.78 is 43.2. The van der Waals surface area contributed by atoms with Gasteiger partial charge < -0.3 is 10.1 Å². The molecule has 0 aliphatic carbocycles. The zero-order chi connectivity index (χ0) is 15.0. The summed E-state index contributed by atoms with van der Waals surface area (Å²) >= 11 is 1.27. The number of rotatable bonds is 8. The highest BCUT2D eigenvalue weighted by Crippen LogP contribution is 2.30. The van der Waals surface area contributed by atoms with E-state index in [9.17, 15) is 13.2 Å². The minimum atomic E-state index is -4.46. The number of methoxy groups -OCH3 is 1. The standard InChI is InChI=1S/C12H18F3N3OS/c1-3-5-16-11-17-9(12(13,14)15)8-10(18-11)20-7-4-6-19-2/h8H,3-7H2,1-2H3,(H,16,17,18). The first kappa shape index (κ1) is 17.0. The molecule has 0 aliphatic heterocycles. The first-order chi connectivity index (χ1) is 9.47. The maximum absolute atomic E-state index is 12.8. The van der Waals surface area contributed by atoms with Crippen LogP contribution in [0.1, 0.15) is 25.5 Å². The van der Waals surface area contributed by atoms with Crippen LogP contribution in [-0.4, -0.2) is 36.0 Å². The predicted molar refractivity (Wildman–Crippen MR) is 73.0 cm³/mol. The van der Waals surface area contributed by atoms with Crippen molar-refractivity contribution in [1.82, 2.24) is 9.97 Å². The Balaban J connectivity index is 2.80. The topological polar surface area (TPSA) is 47.0 Å². The number of thioether (sulfide) groups is 1. The number of ether oxygens (including phenoxy) is 1. The van der Waals surface area contributed by atoms with Gasteiger partial charge >= 0.3 is 6.18 Å². The highest BCUT2D eigenvalue weighted by Gasteiger charge is 2.33. The van der Waals surface area contributed by atoms with Gasteiger partial charge in [-0.05, 0) is 12.8 Å². The minimum absolute atomic E-state index is 0.0240. The van der Waals surface area contributed by atoms with E-state index in [1.807, 2.05) is 6.92 Å². The molecule has 0 amide bonds. The molecule has 0 saturated carbocycles. The molecule has 0 unspecified atom stereocenters. The van der Waals surface area contributed by atoms with Gasteiger partial charge in [0.05, 0.1) is 0 Å². The van der Waals surface area contributed by atoms with Crippen LogP contribution in [0, 0.1) is 0 Å². The molecular formula is C12H18F3N3OS. The monoisotopic (exact) mass is 309 g/mol. The summed E-state index contributed by atoms with van der Waals surface area (Å²) in [5.74, 6) is 0.672. The summed E-state index contributed by atoms with van der Waals surface area (Å²) in [6.45, 7) is 3.03. The zero-order valence-electron chi connectivity index (χ0n) is 11.5. The average molecular weight is 309 g/mol. The van der Waals surface area contributed by atoms with E-state index < -0.39 is 11.9 Å². The van der Waals surface area contributed by atoms with Gasteiger partial charge in [-0.3, -0.25) is 0 Å². The normalized spacial score (nSPS) is 11.7. The van der Waals surface area contributed by atoms with Crippen molar-refractivity contribution < 1.29 is 17.9 Å². The number of nitrogens with one attached hydrogen (secondary N) is 1. The van der Waals surface area contributed by atoms with Crippen molar-refractivity contribution in [1.29, 1.82) is 0 Å². The van der Waals surface area contributed by atoms with Gasteiger partial charge in [0.1, 0.15) is 5.03 Å². The molecule has 20 heavy (non-hydrogen) atoms. The van der Waals surface area contributed by atoms with E-state index in [4.69, 9.17) is 4.74 Å². The summed E-state index contributed by atoms with van der Waals surface area (Å²) in [5, 5.41) is 3.11. The second kappa shape index (κ2) is 8.31. The van der Waals surface area contributed by atoms with Crippen molar-refractivity contribution in [3.05, 3.63) is 11.8 Å². The molecule has 0 radical (unpaired) electrons. The van der Waals surface area contributed by atoms with E-state index >= 15 is 0 Å². The second-order valence-electron chi connectivity index (χ2n) is 4.03. The van der Waals surface area contributed by atoms with Crippen molar-refractivity contribution in [3.8, 4) is 0 Å². The first-order valence-electron chi connectivity index (χ1n) is 6.29. The summed E-state index contributed by atoms with van der Waals surface area (Å²) in [5.41, 5.74) is -0.916. The summed E-state index contributed by atoms with van der Waals surface area (Å²) in [6.07, 6.45) is -2.92. The van der Waals surface area contributed by atoms with Crippen LogP contribution in [0.4, 0.5) is 19.1 Å². The van der Waals surface area contributed by atoms with Gasteiger partial charge in [-0.25, -0.2) is 9.97 Å². The Morgan fingerprint density at radius 3 is 2.70 bits per heavy atom. The lowest BCUT2D eigenvalue weighted by Crippen LogP contribution is -2.13. The molecule has 0 aromatic carbocycles. The highest BCUT2D eigenvalue weighted by molar-refractivity contribution is 7.99. The van der Waals surface area contributed by atoms with Crippen LogP contribution in [0.15, 0.2) is 11.1 Å². The molecule has 1 heterocycles. The highest BCUT2D eigenvalue weighted by atomic mass is 32.2. The van der Waals surface area contributed by atoms with Crippen LogP contribution in [0.2, 0.25) is 0 Å². The number of hydrogen-bond donors (Lipinski definition) is 1. The molecule has 0 aliphatic rings. The van der Waals surface area contributed by atoms with Gasteiger partial charge in [0.2, 0.25) is 5.95 Å². The lowest BCUT2D eigenvalue weighted by atomic mass is 10.4. The molecule has 1 aromatic rings. The number of hydrogen-bond acceptors (Lipinski definition) is 5. The Kier molecular flexibility index (Phi) is 7.08. The zero-order valence-corrected chi connectivity index (χ0v) is 12.3. The van der Waals surface area contributed by atoms with E-state index in [0.717, 1.165) is 18.9 Å². The lowest BCUT2D eigenvalue weighted by molar-refractivity contribution is -0.141. The van der Waals surface area contributed by atoms with E-state index in [0.29, 0.717) is 23.9 Å². The number of anilines is 1. The fourth-order valence-electron chi connectivity index (χ4n) is 1.34. The van der Waals surface area contributed by atoms with Crippen molar-refractivity contribution in [2.45, 2.75) is 31.0 Å². The molecular weight excluding hydrogens is 291 g/mol. The summed E-state index contributed by atoms with van der Waals surface area (Å²) in [6, 6.07) is 0.981. The van der Waals surface area contributed by atoms with Crippen LogP contribution in [-0.2, 0) is 10.9 Å². The van der Waals surface area contributed by atoms with E-state index in [-0.39, 0.29) is 5.95 Å².